The van der Waals surface area contributed by atoms with Gasteiger partial charge in [-0.1, -0.05) is 107 Å². The largest absolute Gasteiger partial charge is 0.224 e. The molecular formula is C24H48O4S2. The third-order valence-corrected chi connectivity index (χ3v) is 4.60. The highest BCUT2D eigenvalue weighted by Gasteiger charge is 2.03. The van der Waals surface area contributed by atoms with Gasteiger partial charge in [-0.3, -0.25) is 0 Å². The van der Waals surface area contributed by atoms with Gasteiger partial charge < -0.3 is 0 Å². The maximum atomic E-state index is 10.8. The minimum absolute atomic E-state index is 0. The highest BCUT2D eigenvalue weighted by atomic mass is 32.2. The van der Waals surface area contributed by atoms with Crippen molar-refractivity contribution in [2.75, 3.05) is 12.5 Å². The molecule has 0 saturated heterocycles. The molecule has 0 atom stereocenters. The summed E-state index contributed by atoms with van der Waals surface area (Å²) in [5.41, 5.74) is 0. The van der Waals surface area contributed by atoms with Crippen molar-refractivity contribution in [2.24, 2.45) is 0 Å². The van der Waals surface area contributed by atoms with Gasteiger partial charge in [0.15, 0.2) is 19.7 Å². The van der Waals surface area contributed by atoms with Gasteiger partial charge in [-0.2, -0.15) is 0 Å². The third kappa shape index (κ3) is 24.4. The molecule has 2 aromatic carbocycles. The van der Waals surface area contributed by atoms with Gasteiger partial charge in [-0.15, -0.1) is 0 Å². The summed E-state index contributed by atoms with van der Waals surface area (Å²) >= 11 is 0. The van der Waals surface area contributed by atoms with E-state index in [0.29, 0.717) is 9.79 Å². The Morgan fingerprint density at radius 3 is 0.700 bits per heavy atom. The molecule has 6 heteroatoms. The molecule has 180 valence electrons. The van der Waals surface area contributed by atoms with E-state index in [9.17, 15) is 16.8 Å². The zero-order valence-corrected chi connectivity index (χ0v) is 20.9. The normalized spacial score (nSPS) is 8.33. The second-order valence-corrected chi connectivity index (χ2v) is 8.20. The van der Waals surface area contributed by atoms with Crippen molar-refractivity contribution in [3.05, 3.63) is 60.7 Å². The molecule has 0 aliphatic carbocycles. The molecule has 0 fully saturated rings. The standard InChI is InChI=1S/2C7H8O2S.4C2H6.2CH4/c2*1-10(8,9)7-5-3-2-4-6-7;4*1-2;;/h2*2-6H,1H3;4*1-2H3;2*1H4. The summed E-state index contributed by atoms with van der Waals surface area (Å²) in [7, 11) is -6.01. The summed E-state index contributed by atoms with van der Waals surface area (Å²) in [5, 5.41) is 0. The van der Waals surface area contributed by atoms with Crippen LogP contribution in [-0.2, 0) is 19.7 Å². The van der Waals surface area contributed by atoms with Gasteiger partial charge in [0.05, 0.1) is 9.79 Å². The van der Waals surface area contributed by atoms with Crippen LogP contribution in [0.5, 0.6) is 0 Å². The van der Waals surface area contributed by atoms with E-state index in [1.54, 1.807) is 60.7 Å². The van der Waals surface area contributed by atoms with Crippen molar-refractivity contribution in [1.82, 2.24) is 0 Å². The Balaban J connectivity index is -0.0000000686. The maximum Gasteiger partial charge on any atom is 0.175 e. The van der Waals surface area contributed by atoms with Crippen molar-refractivity contribution in [1.29, 1.82) is 0 Å². The number of benzene rings is 2. The van der Waals surface area contributed by atoms with Crippen LogP contribution in [0.25, 0.3) is 0 Å². The summed E-state index contributed by atoms with van der Waals surface area (Å²) in [5.74, 6) is 0. The van der Waals surface area contributed by atoms with E-state index < -0.39 is 19.7 Å². The molecule has 0 unspecified atom stereocenters. The molecule has 0 aromatic heterocycles. The van der Waals surface area contributed by atoms with Crippen LogP contribution in [0.3, 0.4) is 0 Å². The predicted molar refractivity (Wildman–Crippen MR) is 138 cm³/mol. The Morgan fingerprint density at radius 1 is 0.433 bits per heavy atom. The van der Waals surface area contributed by atoms with Crippen LogP contribution in [0.4, 0.5) is 0 Å². The minimum Gasteiger partial charge on any atom is -0.224 e. The fourth-order valence-electron chi connectivity index (χ4n) is 1.34. The van der Waals surface area contributed by atoms with Crippen molar-refractivity contribution in [2.45, 2.75) is 80.0 Å². The van der Waals surface area contributed by atoms with Crippen molar-refractivity contribution >= 4 is 19.7 Å². The molecular weight excluding hydrogens is 416 g/mol. The van der Waals surface area contributed by atoms with Crippen LogP contribution in [-0.4, -0.2) is 29.3 Å². The summed E-state index contributed by atoms with van der Waals surface area (Å²) in [4.78, 5) is 0.741. The Labute approximate surface area is 189 Å². The second-order valence-electron chi connectivity index (χ2n) is 4.17. The maximum absolute atomic E-state index is 10.8. The van der Waals surface area contributed by atoms with Crippen LogP contribution in [0.15, 0.2) is 70.5 Å². The summed E-state index contributed by atoms with van der Waals surface area (Å²) < 4.78 is 43.3. The molecule has 0 spiro atoms. The van der Waals surface area contributed by atoms with E-state index in [1.807, 2.05) is 55.4 Å². The summed E-state index contributed by atoms with van der Waals surface area (Å²) in [6.07, 6.45) is 2.39. The molecule has 4 nitrogen and oxygen atoms in total. The zero-order chi connectivity index (χ0) is 23.2. The first-order chi connectivity index (χ1) is 13.2. The number of hydrogen-bond acceptors (Lipinski definition) is 4. The highest BCUT2D eigenvalue weighted by Crippen LogP contribution is 2.06. The average Bonchev–Trinajstić information content (AvgIpc) is 2.74. The summed E-state index contributed by atoms with van der Waals surface area (Å²) in [6.45, 7) is 16.0. The van der Waals surface area contributed by atoms with Crippen molar-refractivity contribution in [3.8, 4) is 0 Å². The summed E-state index contributed by atoms with van der Waals surface area (Å²) in [6, 6.07) is 16.7. The second kappa shape index (κ2) is 27.3. The lowest BCUT2D eigenvalue weighted by molar-refractivity contribution is 0.600. The van der Waals surface area contributed by atoms with E-state index in [2.05, 4.69) is 0 Å². The minimum atomic E-state index is -3.00. The van der Waals surface area contributed by atoms with Crippen LogP contribution in [0.2, 0.25) is 0 Å². The van der Waals surface area contributed by atoms with E-state index in [0.717, 1.165) is 0 Å². The van der Waals surface area contributed by atoms with Gasteiger partial charge in [0.25, 0.3) is 0 Å². The smallest absolute Gasteiger partial charge is 0.175 e. The van der Waals surface area contributed by atoms with Crippen LogP contribution >= 0.6 is 0 Å². The number of rotatable bonds is 2. The van der Waals surface area contributed by atoms with Gasteiger partial charge in [0.1, 0.15) is 0 Å². The van der Waals surface area contributed by atoms with Gasteiger partial charge >= 0.3 is 0 Å². The molecule has 0 aliphatic rings. The van der Waals surface area contributed by atoms with Crippen molar-refractivity contribution in [3.63, 3.8) is 0 Å². The molecule has 0 N–H and O–H groups in total. The first kappa shape index (κ1) is 42.4. The van der Waals surface area contributed by atoms with E-state index >= 15 is 0 Å². The molecule has 0 bridgehead atoms. The Morgan fingerprint density at radius 2 is 0.600 bits per heavy atom. The Kier molecular flexibility index (Phi) is 38.7. The van der Waals surface area contributed by atoms with E-state index in [-0.39, 0.29) is 14.9 Å². The average molecular weight is 465 g/mol. The Hall–Kier alpha value is -1.66. The van der Waals surface area contributed by atoms with Gasteiger partial charge in [-0.05, 0) is 24.3 Å². The molecule has 0 heterocycles. The number of hydrogen-bond donors (Lipinski definition) is 0. The molecule has 0 amide bonds. The van der Waals surface area contributed by atoms with E-state index in [4.69, 9.17) is 0 Å². The molecule has 0 aliphatic heterocycles. The lowest BCUT2D eigenvalue weighted by atomic mass is 10.4. The molecule has 30 heavy (non-hydrogen) atoms. The molecule has 2 rings (SSSR count). The number of sulfone groups is 2. The molecule has 0 radical (unpaired) electrons. The van der Waals surface area contributed by atoms with Crippen LogP contribution < -0.4 is 0 Å². The van der Waals surface area contributed by atoms with E-state index in [1.165, 1.54) is 12.5 Å². The Bertz CT molecular complexity index is 671. The zero-order valence-electron chi connectivity index (χ0n) is 19.2. The fourth-order valence-corrected chi connectivity index (χ4v) is 2.64. The van der Waals surface area contributed by atoms with Gasteiger partial charge in [-0.25, -0.2) is 16.8 Å². The molecule has 2 aromatic rings. The van der Waals surface area contributed by atoms with Crippen molar-refractivity contribution < 1.29 is 16.8 Å². The third-order valence-electron chi connectivity index (χ3n) is 2.34. The lowest BCUT2D eigenvalue weighted by Crippen LogP contribution is -1.95. The molecule has 0 saturated carbocycles. The predicted octanol–water partition coefficient (Wildman–Crippen LogP) is 7.56. The fraction of sp³-hybridized carbons (Fsp3) is 0.500. The van der Waals surface area contributed by atoms with Crippen LogP contribution in [0, 0.1) is 0 Å². The van der Waals surface area contributed by atoms with Crippen LogP contribution in [0.1, 0.15) is 70.2 Å². The quantitative estimate of drug-likeness (QED) is 0.460. The first-order valence-corrected chi connectivity index (χ1v) is 13.5. The van der Waals surface area contributed by atoms with Gasteiger partial charge in [0.2, 0.25) is 0 Å². The lowest BCUT2D eigenvalue weighted by Gasteiger charge is -1.93. The van der Waals surface area contributed by atoms with Gasteiger partial charge in [0, 0.05) is 12.5 Å². The topological polar surface area (TPSA) is 68.3 Å². The monoisotopic (exact) mass is 464 g/mol. The first-order valence-electron chi connectivity index (χ1n) is 9.71. The SMILES string of the molecule is C.C.CC.CC.CC.CC.CS(=O)(=O)c1ccccc1.CS(=O)(=O)c1ccccc1. The highest BCUT2D eigenvalue weighted by molar-refractivity contribution is 7.91.